The summed E-state index contributed by atoms with van der Waals surface area (Å²) >= 11 is 0. The largest absolute Gasteiger partial charge is 0.363 e. The summed E-state index contributed by atoms with van der Waals surface area (Å²) in [6, 6.07) is 0. The van der Waals surface area contributed by atoms with Gasteiger partial charge in [-0.3, -0.25) is 4.90 Å². The number of ether oxygens (including phenoxy) is 1. The molecule has 2 heteroatoms. The Kier molecular flexibility index (Phi) is 2.14. The van der Waals surface area contributed by atoms with Crippen LogP contribution in [0.5, 0.6) is 0 Å². The Labute approximate surface area is 68.5 Å². The minimum absolute atomic E-state index is 0.456. The van der Waals surface area contributed by atoms with Crippen LogP contribution in [-0.4, -0.2) is 31.3 Å². The van der Waals surface area contributed by atoms with Gasteiger partial charge in [0, 0.05) is 13.2 Å². The highest BCUT2D eigenvalue weighted by Crippen LogP contribution is 2.30. The van der Waals surface area contributed by atoms with Gasteiger partial charge in [0.2, 0.25) is 0 Å². The summed E-state index contributed by atoms with van der Waals surface area (Å²) in [5.41, 5.74) is 0. The lowest BCUT2D eigenvalue weighted by molar-refractivity contribution is -0.129. The molecule has 2 atom stereocenters. The van der Waals surface area contributed by atoms with Crippen LogP contribution in [0.2, 0.25) is 0 Å². The van der Waals surface area contributed by atoms with Crippen LogP contribution in [-0.2, 0) is 4.74 Å². The number of hydrogen-bond acceptors (Lipinski definition) is 2. The fraction of sp³-hybridized carbons (Fsp3) is 1.00. The molecule has 11 heavy (non-hydrogen) atoms. The number of likely N-dealkylation sites (tertiary alicyclic amines) is 1. The Bertz CT molecular complexity index is 136. The number of fused-ring (bicyclic) bond motifs is 1. The molecule has 0 spiro atoms. The first-order chi connectivity index (χ1) is 5.38. The minimum atomic E-state index is 0.456. The van der Waals surface area contributed by atoms with E-state index in [9.17, 15) is 0 Å². The normalized spacial score (nSPS) is 40.1. The van der Waals surface area contributed by atoms with Gasteiger partial charge in [0.1, 0.15) is 6.23 Å². The van der Waals surface area contributed by atoms with E-state index >= 15 is 0 Å². The van der Waals surface area contributed by atoms with Crippen LogP contribution in [0.15, 0.2) is 0 Å². The van der Waals surface area contributed by atoms with Gasteiger partial charge in [0.15, 0.2) is 0 Å². The third-order valence-electron chi connectivity index (χ3n) is 2.93. The second-order valence-corrected chi connectivity index (χ2v) is 3.79. The van der Waals surface area contributed by atoms with Gasteiger partial charge < -0.3 is 4.74 Å². The van der Waals surface area contributed by atoms with Crippen molar-refractivity contribution in [1.29, 1.82) is 0 Å². The van der Waals surface area contributed by atoms with E-state index in [1.54, 1.807) is 0 Å². The molecule has 2 heterocycles. The molecular formula is C9H17NO. The van der Waals surface area contributed by atoms with Gasteiger partial charge in [-0.25, -0.2) is 0 Å². The Balaban J connectivity index is 1.99. The SMILES string of the molecule is CN1CCCC2CCCOC21. The maximum atomic E-state index is 5.72. The summed E-state index contributed by atoms with van der Waals surface area (Å²) in [7, 11) is 2.18. The predicted octanol–water partition coefficient (Wildman–Crippen LogP) is 1.46. The molecule has 2 unspecified atom stereocenters. The van der Waals surface area contributed by atoms with Crippen molar-refractivity contribution >= 4 is 0 Å². The minimum Gasteiger partial charge on any atom is -0.363 e. The molecule has 0 aromatic heterocycles. The maximum absolute atomic E-state index is 5.72. The molecule has 0 radical (unpaired) electrons. The molecule has 2 aliphatic heterocycles. The number of hydrogen-bond donors (Lipinski definition) is 0. The predicted molar refractivity (Wildman–Crippen MR) is 44.3 cm³/mol. The molecule has 2 fully saturated rings. The van der Waals surface area contributed by atoms with E-state index in [4.69, 9.17) is 4.74 Å². The Morgan fingerprint density at radius 1 is 1.27 bits per heavy atom. The van der Waals surface area contributed by atoms with Crippen LogP contribution >= 0.6 is 0 Å². The van der Waals surface area contributed by atoms with Crippen molar-refractivity contribution in [2.45, 2.75) is 31.9 Å². The lowest BCUT2D eigenvalue weighted by Crippen LogP contribution is -2.46. The molecule has 0 amide bonds. The van der Waals surface area contributed by atoms with E-state index in [1.807, 2.05) is 0 Å². The highest BCUT2D eigenvalue weighted by atomic mass is 16.5. The summed E-state index contributed by atoms with van der Waals surface area (Å²) in [5, 5.41) is 0. The van der Waals surface area contributed by atoms with Gasteiger partial charge in [-0.1, -0.05) is 0 Å². The first kappa shape index (κ1) is 7.56. The summed E-state index contributed by atoms with van der Waals surface area (Å²) < 4.78 is 5.72. The first-order valence-corrected chi connectivity index (χ1v) is 4.70. The average molecular weight is 155 g/mol. The lowest BCUT2D eigenvalue weighted by atomic mass is 9.90. The van der Waals surface area contributed by atoms with Crippen LogP contribution < -0.4 is 0 Å². The van der Waals surface area contributed by atoms with E-state index < -0.39 is 0 Å². The van der Waals surface area contributed by atoms with Crippen LogP contribution in [0.1, 0.15) is 25.7 Å². The van der Waals surface area contributed by atoms with Crippen LogP contribution in [0.25, 0.3) is 0 Å². The van der Waals surface area contributed by atoms with E-state index in [2.05, 4.69) is 11.9 Å². The van der Waals surface area contributed by atoms with Crippen molar-refractivity contribution < 1.29 is 4.74 Å². The molecule has 64 valence electrons. The molecule has 0 aliphatic carbocycles. The molecule has 0 bridgehead atoms. The summed E-state index contributed by atoms with van der Waals surface area (Å²) in [6.07, 6.45) is 5.86. The fourth-order valence-corrected chi connectivity index (χ4v) is 2.33. The topological polar surface area (TPSA) is 12.5 Å². The zero-order chi connectivity index (χ0) is 7.68. The number of nitrogens with zero attached hydrogens (tertiary/aromatic N) is 1. The monoisotopic (exact) mass is 155 g/mol. The quantitative estimate of drug-likeness (QED) is 0.525. The summed E-state index contributed by atoms with van der Waals surface area (Å²) in [4.78, 5) is 2.37. The zero-order valence-corrected chi connectivity index (χ0v) is 7.25. The maximum Gasteiger partial charge on any atom is 0.113 e. The molecule has 2 aliphatic rings. The van der Waals surface area contributed by atoms with Crippen LogP contribution in [0.4, 0.5) is 0 Å². The Morgan fingerprint density at radius 2 is 2.09 bits per heavy atom. The standard InChI is InChI=1S/C9H17NO/c1-10-6-2-4-8-5-3-7-11-9(8)10/h8-9H,2-7H2,1H3. The molecule has 0 N–H and O–H groups in total. The number of piperidine rings is 1. The van der Waals surface area contributed by atoms with Crippen molar-refractivity contribution in [3.05, 3.63) is 0 Å². The van der Waals surface area contributed by atoms with Crippen molar-refractivity contribution in [3.63, 3.8) is 0 Å². The smallest absolute Gasteiger partial charge is 0.113 e. The van der Waals surface area contributed by atoms with Gasteiger partial charge in [-0.2, -0.15) is 0 Å². The van der Waals surface area contributed by atoms with Crippen LogP contribution in [0.3, 0.4) is 0 Å². The molecular weight excluding hydrogens is 138 g/mol. The van der Waals surface area contributed by atoms with E-state index in [-0.39, 0.29) is 0 Å². The van der Waals surface area contributed by atoms with E-state index in [1.165, 1.54) is 32.2 Å². The van der Waals surface area contributed by atoms with Gasteiger partial charge in [-0.15, -0.1) is 0 Å². The third-order valence-corrected chi connectivity index (χ3v) is 2.93. The van der Waals surface area contributed by atoms with Gasteiger partial charge in [0.05, 0.1) is 0 Å². The number of rotatable bonds is 0. The average Bonchev–Trinajstić information content (AvgIpc) is 2.06. The van der Waals surface area contributed by atoms with E-state index in [0.29, 0.717) is 6.23 Å². The van der Waals surface area contributed by atoms with Crippen molar-refractivity contribution in [3.8, 4) is 0 Å². The first-order valence-electron chi connectivity index (χ1n) is 4.70. The van der Waals surface area contributed by atoms with Crippen molar-refractivity contribution in [1.82, 2.24) is 4.90 Å². The molecule has 2 saturated heterocycles. The van der Waals surface area contributed by atoms with Gasteiger partial charge >= 0.3 is 0 Å². The molecule has 0 aromatic carbocycles. The van der Waals surface area contributed by atoms with Crippen LogP contribution in [0, 0.1) is 5.92 Å². The zero-order valence-electron chi connectivity index (χ0n) is 7.25. The highest BCUT2D eigenvalue weighted by molar-refractivity contribution is 4.78. The van der Waals surface area contributed by atoms with Gasteiger partial charge in [0.25, 0.3) is 0 Å². The summed E-state index contributed by atoms with van der Waals surface area (Å²) in [6.45, 7) is 2.20. The molecule has 2 rings (SSSR count). The second kappa shape index (κ2) is 3.11. The van der Waals surface area contributed by atoms with Crippen molar-refractivity contribution in [2.75, 3.05) is 20.2 Å². The molecule has 2 nitrogen and oxygen atoms in total. The molecule has 0 saturated carbocycles. The van der Waals surface area contributed by atoms with Crippen molar-refractivity contribution in [2.24, 2.45) is 5.92 Å². The second-order valence-electron chi connectivity index (χ2n) is 3.79. The Hall–Kier alpha value is -0.0800. The lowest BCUT2D eigenvalue weighted by Gasteiger charge is -2.41. The Morgan fingerprint density at radius 3 is 2.91 bits per heavy atom. The highest BCUT2D eigenvalue weighted by Gasteiger charge is 2.31. The molecule has 0 aromatic rings. The fourth-order valence-electron chi connectivity index (χ4n) is 2.33. The summed E-state index contributed by atoms with van der Waals surface area (Å²) in [5.74, 6) is 0.836. The van der Waals surface area contributed by atoms with E-state index in [0.717, 1.165) is 12.5 Å². The third kappa shape index (κ3) is 1.42. The van der Waals surface area contributed by atoms with Gasteiger partial charge in [-0.05, 0) is 38.6 Å².